The van der Waals surface area contributed by atoms with Crippen LogP contribution >= 0.6 is 0 Å². The summed E-state index contributed by atoms with van der Waals surface area (Å²) in [5.74, 6) is 0.547. The average molecular weight is 294 g/mol. The Labute approximate surface area is 130 Å². The molecular weight excluding hydrogens is 276 g/mol. The van der Waals surface area contributed by atoms with Crippen LogP contribution in [0.1, 0.15) is 16.7 Å². The van der Waals surface area contributed by atoms with Crippen LogP contribution in [0.3, 0.4) is 0 Å². The van der Waals surface area contributed by atoms with E-state index in [4.69, 9.17) is 11.7 Å². The highest BCUT2D eigenvalue weighted by molar-refractivity contribution is 5.84. The maximum absolute atomic E-state index is 8.91. The summed E-state index contributed by atoms with van der Waals surface area (Å²) < 4.78 is 0. The van der Waals surface area contributed by atoms with Gasteiger partial charge in [0.2, 0.25) is 5.95 Å². The summed E-state index contributed by atoms with van der Waals surface area (Å²) in [6, 6.07) is 7.84. The van der Waals surface area contributed by atoms with Crippen LogP contribution in [0.25, 0.3) is 16.6 Å². The van der Waals surface area contributed by atoms with Crippen LogP contribution in [0.15, 0.2) is 36.7 Å². The lowest BCUT2D eigenvalue weighted by Crippen LogP contribution is -2.23. The van der Waals surface area contributed by atoms with E-state index in [0.29, 0.717) is 18.2 Å². The van der Waals surface area contributed by atoms with Crippen LogP contribution in [0.4, 0.5) is 5.95 Å². The number of rotatable bonds is 5. The molecule has 22 heavy (non-hydrogen) atoms. The molecule has 0 amide bonds. The Morgan fingerprint density at radius 2 is 1.91 bits per heavy atom. The SMILES string of the molecule is [C-]#[N+]/C(=C\c1cnc(N(C)CCO)nc1)c1ccc(C)cc1. The van der Waals surface area contributed by atoms with Gasteiger partial charge >= 0.3 is 0 Å². The van der Waals surface area contributed by atoms with Crippen molar-refractivity contribution in [2.75, 3.05) is 25.1 Å². The molecule has 0 spiro atoms. The highest BCUT2D eigenvalue weighted by atomic mass is 16.3. The fraction of sp³-hybridized carbons (Fsp3) is 0.235. The number of likely N-dealkylation sites (N-methyl/N-ethyl adjacent to an activating group) is 1. The van der Waals surface area contributed by atoms with E-state index in [2.05, 4.69) is 14.8 Å². The number of aryl methyl sites for hydroxylation is 1. The number of anilines is 1. The smallest absolute Gasteiger partial charge is 0.225 e. The van der Waals surface area contributed by atoms with Gasteiger partial charge in [0.05, 0.1) is 13.2 Å². The molecule has 5 nitrogen and oxygen atoms in total. The van der Waals surface area contributed by atoms with Gasteiger partial charge in [0.1, 0.15) is 0 Å². The highest BCUT2D eigenvalue weighted by Gasteiger charge is 2.05. The Bertz CT molecular complexity index is 684. The summed E-state index contributed by atoms with van der Waals surface area (Å²) in [6.07, 6.45) is 5.12. The minimum Gasteiger partial charge on any atom is -0.395 e. The number of aliphatic hydroxyl groups excluding tert-OH is 1. The van der Waals surface area contributed by atoms with Crippen LogP contribution in [0, 0.1) is 13.5 Å². The second kappa shape index (κ2) is 7.34. The summed E-state index contributed by atoms with van der Waals surface area (Å²) in [5, 5.41) is 8.91. The summed E-state index contributed by atoms with van der Waals surface area (Å²) in [5.41, 5.74) is 3.36. The second-order valence-corrected chi connectivity index (χ2v) is 4.97. The van der Waals surface area contributed by atoms with Gasteiger partial charge < -0.3 is 10.0 Å². The molecule has 2 aromatic rings. The topological polar surface area (TPSA) is 53.6 Å². The third kappa shape index (κ3) is 3.90. The molecule has 0 radical (unpaired) electrons. The zero-order valence-corrected chi connectivity index (χ0v) is 12.7. The molecule has 2 rings (SSSR count). The van der Waals surface area contributed by atoms with Crippen LogP contribution in [0.2, 0.25) is 0 Å². The number of benzene rings is 1. The van der Waals surface area contributed by atoms with Crippen molar-refractivity contribution in [1.82, 2.24) is 9.97 Å². The van der Waals surface area contributed by atoms with Crippen LogP contribution < -0.4 is 4.90 Å². The first-order chi connectivity index (χ1) is 10.6. The number of nitrogens with zero attached hydrogens (tertiary/aromatic N) is 4. The van der Waals surface area contributed by atoms with Gasteiger partial charge in [0.15, 0.2) is 5.70 Å². The zero-order valence-electron chi connectivity index (χ0n) is 12.7. The molecule has 0 unspecified atom stereocenters. The fourth-order valence-corrected chi connectivity index (χ4v) is 1.92. The summed E-state index contributed by atoms with van der Waals surface area (Å²) in [6.45, 7) is 9.89. The molecule has 0 fully saturated rings. The number of hydrogen-bond acceptors (Lipinski definition) is 4. The van der Waals surface area contributed by atoms with E-state index < -0.39 is 0 Å². The molecule has 112 valence electrons. The van der Waals surface area contributed by atoms with E-state index in [1.807, 2.05) is 38.2 Å². The highest BCUT2D eigenvalue weighted by Crippen LogP contribution is 2.20. The molecule has 1 aromatic carbocycles. The number of aromatic nitrogens is 2. The van der Waals surface area contributed by atoms with Crippen molar-refractivity contribution < 1.29 is 5.11 Å². The molecule has 0 aliphatic rings. The maximum Gasteiger partial charge on any atom is 0.225 e. The normalized spacial score (nSPS) is 11.1. The van der Waals surface area contributed by atoms with E-state index in [-0.39, 0.29) is 6.61 Å². The Kier molecular flexibility index (Phi) is 5.23. The first kappa shape index (κ1) is 15.7. The van der Waals surface area contributed by atoms with Crippen molar-refractivity contribution in [1.29, 1.82) is 0 Å². The van der Waals surface area contributed by atoms with E-state index in [0.717, 1.165) is 16.7 Å². The van der Waals surface area contributed by atoms with Gasteiger partial charge in [-0.1, -0.05) is 29.8 Å². The zero-order chi connectivity index (χ0) is 15.9. The predicted octanol–water partition coefficient (Wildman–Crippen LogP) is 2.63. The quantitative estimate of drug-likeness (QED) is 0.861. The summed E-state index contributed by atoms with van der Waals surface area (Å²) in [4.78, 5) is 13.8. The van der Waals surface area contributed by atoms with Crippen molar-refractivity contribution in [3.05, 3.63) is 64.8 Å². The molecule has 0 bridgehead atoms. The molecule has 0 aliphatic heterocycles. The third-order valence-corrected chi connectivity index (χ3v) is 3.21. The Morgan fingerprint density at radius 1 is 1.27 bits per heavy atom. The van der Waals surface area contributed by atoms with Gasteiger partial charge in [-0.25, -0.2) is 14.8 Å². The van der Waals surface area contributed by atoms with Gasteiger partial charge in [0.25, 0.3) is 0 Å². The van der Waals surface area contributed by atoms with Crippen molar-refractivity contribution in [3.63, 3.8) is 0 Å². The molecule has 0 aliphatic carbocycles. The molecule has 1 heterocycles. The van der Waals surface area contributed by atoms with Gasteiger partial charge in [-0.3, -0.25) is 0 Å². The first-order valence-corrected chi connectivity index (χ1v) is 6.94. The molecule has 1 N–H and O–H groups in total. The molecule has 0 saturated carbocycles. The van der Waals surface area contributed by atoms with Crippen molar-refractivity contribution >= 4 is 17.7 Å². The molecular formula is C17H18N4O. The van der Waals surface area contributed by atoms with Crippen LogP contribution in [0.5, 0.6) is 0 Å². The molecule has 5 heteroatoms. The number of hydrogen-bond donors (Lipinski definition) is 1. The average Bonchev–Trinajstić information content (AvgIpc) is 2.54. The third-order valence-electron chi connectivity index (χ3n) is 3.21. The lowest BCUT2D eigenvalue weighted by Gasteiger charge is -2.14. The van der Waals surface area contributed by atoms with Crippen molar-refractivity contribution in [2.45, 2.75) is 6.92 Å². The van der Waals surface area contributed by atoms with Crippen molar-refractivity contribution in [2.24, 2.45) is 0 Å². The van der Waals surface area contributed by atoms with Crippen molar-refractivity contribution in [3.8, 4) is 0 Å². The number of aliphatic hydroxyl groups is 1. The van der Waals surface area contributed by atoms with E-state index >= 15 is 0 Å². The monoisotopic (exact) mass is 294 g/mol. The Balaban J connectivity index is 2.23. The maximum atomic E-state index is 8.91. The first-order valence-electron chi connectivity index (χ1n) is 6.94. The Morgan fingerprint density at radius 3 is 2.45 bits per heavy atom. The molecule has 1 aromatic heterocycles. The minimum atomic E-state index is 0.0524. The van der Waals surface area contributed by atoms with E-state index in [9.17, 15) is 0 Å². The predicted molar refractivity (Wildman–Crippen MR) is 88.0 cm³/mol. The lowest BCUT2D eigenvalue weighted by molar-refractivity contribution is 0.303. The van der Waals surface area contributed by atoms with Crippen LogP contribution in [-0.2, 0) is 0 Å². The molecule has 0 saturated heterocycles. The minimum absolute atomic E-state index is 0.0524. The van der Waals surface area contributed by atoms with E-state index in [1.54, 1.807) is 23.4 Å². The van der Waals surface area contributed by atoms with Gasteiger partial charge in [-0.15, -0.1) is 0 Å². The van der Waals surface area contributed by atoms with Gasteiger partial charge in [-0.05, 0) is 18.6 Å². The second-order valence-electron chi connectivity index (χ2n) is 4.97. The molecule has 0 atom stereocenters. The standard InChI is InChI=1S/C17H18N4O/c1-13-4-6-15(7-5-13)16(18-2)10-14-11-19-17(20-12-14)21(3)8-9-22/h4-7,10-12,22H,8-9H2,1,3H3/b16-10-. The van der Waals surface area contributed by atoms with Gasteiger partial charge in [-0.2, -0.15) is 0 Å². The lowest BCUT2D eigenvalue weighted by atomic mass is 10.1. The summed E-state index contributed by atoms with van der Waals surface area (Å²) in [7, 11) is 1.82. The van der Waals surface area contributed by atoms with Gasteiger partial charge in [0, 0.05) is 31.5 Å². The largest absolute Gasteiger partial charge is 0.395 e. The van der Waals surface area contributed by atoms with E-state index in [1.165, 1.54) is 0 Å². The van der Waals surface area contributed by atoms with Crippen LogP contribution in [-0.4, -0.2) is 35.3 Å². The fourth-order valence-electron chi connectivity index (χ4n) is 1.92. The summed E-state index contributed by atoms with van der Waals surface area (Å²) >= 11 is 0. The Hall–Kier alpha value is -2.71.